The van der Waals surface area contributed by atoms with Crippen LogP contribution in [0.2, 0.25) is 0 Å². The van der Waals surface area contributed by atoms with Gasteiger partial charge < -0.3 is 0 Å². The number of rotatable bonds is 0. The molecule has 0 amide bonds. The Labute approximate surface area is 111 Å². The first kappa shape index (κ1) is 10.3. The van der Waals surface area contributed by atoms with Gasteiger partial charge in [-0.25, -0.2) is 0 Å². The highest BCUT2D eigenvalue weighted by atomic mass is 32.2. The van der Waals surface area contributed by atoms with Crippen LogP contribution in [0.4, 0.5) is 0 Å². The molecule has 1 heterocycles. The van der Waals surface area contributed by atoms with E-state index >= 15 is 0 Å². The molecule has 0 spiro atoms. The fourth-order valence-corrected chi connectivity index (χ4v) is 3.92. The van der Waals surface area contributed by atoms with Crippen molar-refractivity contribution < 1.29 is 0 Å². The monoisotopic (exact) mass is 246 g/mol. The van der Waals surface area contributed by atoms with E-state index in [9.17, 15) is 0 Å². The second-order valence-corrected chi connectivity index (χ2v) is 5.85. The Kier molecular flexibility index (Phi) is 2.09. The molecule has 0 aliphatic carbocycles. The average molecular weight is 246 g/mol. The maximum atomic E-state index is 2.29. The zero-order valence-corrected chi connectivity index (χ0v) is 10.9. The summed E-state index contributed by atoms with van der Waals surface area (Å²) in [7, 11) is 2.15. The SMILES string of the molecule is Bc1ccc2c(c1)Sc1cccc3cccc-2c13. The molecule has 2 heteroatoms. The lowest BCUT2D eigenvalue weighted by Crippen LogP contribution is -2.03. The Balaban J connectivity index is 2.17. The van der Waals surface area contributed by atoms with Gasteiger partial charge in [-0.1, -0.05) is 65.8 Å². The first-order valence-corrected chi connectivity index (χ1v) is 6.95. The number of hydrogen-bond donors (Lipinski definition) is 0. The van der Waals surface area contributed by atoms with Gasteiger partial charge in [-0.3, -0.25) is 0 Å². The minimum atomic E-state index is 1.33. The van der Waals surface area contributed by atoms with Gasteiger partial charge in [0.25, 0.3) is 0 Å². The molecular formula is C16H11BS. The number of fused-ring (bicyclic) bond motifs is 2. The summed E-state index contributed by atoms with van der Waals surface area (Å²) in [4.78, 5) is 2.75. The molecule has 0 radical (unpaired) electrons. The van der Waals surface area contributed by atoms with E-state index in [-0.39, 0.29) is 0 Å². The predicted molar refractivity (Wildman–Crippen MR) is 81.7 cm³/mol. The summed E-state index contributed by atoms with van der Waals surface area (Å²) in [6.45, 7) is 0. The van der Waals surface area contributed by atoms with Crippen LogP contribution in [-0.2, 0) is 0 Å². The molecular weight excluding hydrogens is 235 g/mol. The summed E-state index contributed by atoms with van der Waals surface area (Å²) < 4.78 is 0. The highest BCUT2D eigenvalue weighted by molar-refractivity contribution is 7.99. The Hall–Kier alpha value is -1.67. The van der Waals surface area contributed by atoms with Gasteiger partial charge in [0.15, 0.2) is 0 Å². The number of benzene rings is 3. The Bertz CT molecular complexity index is 772. The van der Waals surface area contributed by atoms with E-state index in [1.807, 2.05) is 11.8 Å². The van der Waals surface area contributed by atoms with Crippen LogP contribution < -0.4 is 5.46 Å². The largest absolute Gasteiger partial charge is 0.139 e. The maximum Gasteiger partial charge on any atom is 0.139 e. The van der Waals surface area contributed by atoms with Crippen molar-refractivity contribution in [2.24, 2.45) is 0 Å². The third-order valence-electron chi connectivity index (χ3n) is 3.51. The molecule has 0 aromatic heterocycles. The van der Waals surface area contributed by atoms with Gasteiger partial charge in [0.2, 0.25) is 0 Å². The van der Waals surface area contributed by atoms with Crippen molar-refractivity contribution in [1.82, 2.24) is 0 Å². The quantitative estimate of drug-likeness (QED) is 0.429. The van der Waals surface area contributed by atoms with Crippen molar-refractivity contribution in [3.05, 3.63) is 54.6 Å². The maximum absolute atomic E-state index is 2.29. The van der Waals surface area contributed by atoms with E-state index in [2.05, 4.69) is 62.4 Å². The van der Waals surface area contributed by atoms with Crippen molar-refractivity contribution >= 4 is 35.8 Å². The van der Waals surface area contributed by atoms with Crippen LogP contribution in [0.5, 0.6) is 0 Å². The lowest BCUT2D eigenvalue weighted by molar-refractivity contribution is 1.41. The lowest BCUT2D eigenvalue weighted by Gasteiger charge is -2.20. The van der Waals surface area contributed by atoms with E-state index in [0.29, 0.717) is 0 Å². The molecule has 0 saturated carbocycles. The zero-order chi connectivity index (χ0) is 12.1. The molecule has 1 aliphatic heterocycles. The molecule has 1 aliphatic rings. The summed E-state index contributed by atoms with van der Waals surface area (Å²) in [5, 5.41) is 2.74. The smallest absolute Gasteiger partial charge is 0.0888 e. The van der Waals surface area contributed by atoms with Crippen LogP contribution >= 0.6 is 11.8 Å². The molecule has 18 heavy (non-hydrogen) atoms. The standard InChI is InChI=1S/C16H11BS/c17-11-7-8-12-13-5-1-3-10-4-2-6-14(16(10)13)18-15(12)9-11/h1-9H,17H2. The molecule has 3 aromatic rings. The predicted octanol–water partition coefficient (Wildman–Crippen LogP) is 3.23. The Morgan fingerprint density at radius 1 is 0.778 bits per heavy atom. The van der Waals surface area contributed by atoms with Crippen LogP contribution in [0.1, 0.15) is 0 Å². The van der Waals surface area contributed by atoms with Crippen molar-refractivity contribution in [2.75, 3.05) is 0 Å². The van der Waals surface area contributed by atoms with Gasteiger partial charge in [-0.05, 0) is 22.6 Å². The van der Waals surface area contributed by atoms with Crippen LogP contribution in [0.15, 0.2) is 64.4 Å². The highest BCUT2D eigenvalue weighted by Gasteiger charge is 2.18. The van der Waals surface area contributed by atoms with Crippen molar-refractivity contribution in [2.45, 2.75) is 9.79 Å². The second-order valence-electron chi connectivity index (χ2n) is 4.76. The van der Waals surface area contributed by atoms with E-state index in [0.717, 1.165) is 0 Å². The van der Waals surface area contributed by atoms with Crippen LogP contribution in [0, 0.1) is 0 Å². The molecule has 0 atom stereocenters. The van der Waals surface area contributed by atoms with Gasteiger partial charge >= 0.3 is 0 Å². The van der Waals surface area contributed by atoms with Gasteiger partial charge in [0.1, 0.15) is 7.85 Å². The number of hydrogen-bond acceptors (Lipinski definition) is 1. The second kappa shape index (κ2) is 3.66. The van der Waals surface area contributed by atoms with Crippen molar-refractivity contribution in [1.29, 1.82) is 0 Å². The van der Waals surface area contributed by atoms with Crippen LogP contribution in [0.25, 0.3) is 21.9 Å². The van der Waals surface area contributed by atoms with Gasteiger partial charge in [0, 0.05) is 15.2 Å². The summed E-state index contributed by atoms with van der Waals surface area (Å²) in [5.74, 6) is 0. The highest BCUT2D eigenvalue weighted by Crippen LogP contribution is 2.47. The van der Waals surface area contributed by atoms with E-state index < -0.39 is 0 Å². The van der Waals surface area contributed by atoms with Crippen molar-refractivity contribution in [3.8, 4) is 11.1 Å². The summed E-state index contributed by atoms with van der Waals surface area (Å²) >= 11 is 1.89. The molecule has 0 nitrogen and oxygen atoms in total. The zero-order valence-electron chi connectivity index (χ0n) is 10.1. The fraction of sp³-hybridized carbons (Fsp3) is 0. The minimum Gasteiger partial charge on any atom is -0.0888 e. The summed E-state index contributed by atoms with van der Waals surface area (Å²) in [6.07, 6.45) is 0. The van der Waals surface area contributed by atoms with Crippen LogP contribution in [-0.4, -0.2) is 7.85 Å². The molecule has 84 valence electrons. The minimum absolute atomic E-state index is 1.33. The Morgan fingerprint density at radius 2 is 1.61 bits per heavy atom. The molecule has 0 bridgehead atoms. The lowest BCUT2D eigenvalue weighted by atomic mass is 9.91. The van der Waals surface area contributed by atoms with E-state index in [1.165, 1.54) is 37.2 Å². The molecule has 3 aromatic carbocycles. The summed E-state index contributed by atoms with van der Waals surface area (Å²) in [5.41, 5.74) is 4.07. The first-order chi connectivity index (χ1) is 8.83. The van der Waals surface area contributed by atoms with Crippen molar-refractivity contribution in [3.63, 3.8) is 0 Å². The first-order valence-electron chi connectivity index (χ1n) is 6.13. The third kappa shape index (κ3) is 1.36. The molecule has 0 saturated heterocycles. The Morgan fingerprint density at radius 3 is 2.50 bits per heavy atom. The van der Waals surface area contributed by atoms with Gasteiger partial charge in [-0.2, -0.15) is 0 Å². The fourth-order valence-electron chi connectivity index (χ4n) is 2.67. The average Bonchev–Trinajstić information content (AvgIpc) is 2.39. The topological polar surface area (TPSA) is 0 Å². The van der Waals surface area contributed by atoms with Crippen LogP contribution in [0.3, 0.4) is 0 Å². The van der Waals surface area contributed by atoms with Gasteiger partial charge in [-0.15, -0.1) is 0 Å². The molecule has 0 N–H and O–H groups in total. The normalized spacial score (nSPS) is 12.4. The van der Waals surface area contributed by atoms with Gasteiger partial charge in [0.05, 0.1) is 0 Å². The third-order valence-corrected chi connectivity index (χ3v) is 4.63. The molecule has 0 fully saturated rings. The van der Waals surface area contributed by atoms with E-state index in [4.69, 9.17) is 0 Å². The molecule has 0 unspecified atom stereocenters. The van der Waals surface area contributed by atoms with E-state index in [1.54, 1.807) is 0 Å². The molecule has 4 rings (SSSR count). The summed E-state index contributed by atoms with van der Waals surface area (Å²) in [6, 6.07) is 19.9.